The van der Waals surface area contributed by atoms with Gasteiger partial charge in [-0.15, -0.1) is 11.3 Å². The summed E-state index contributed by atoms with van der Waals surface area (Å²) in [4.78, 5) is 21.4. The molecule has 1 N–H and O–H groups in total. The molecular formula is C22H18ClN3O3S. The van der Waals surface area contributed by atoms with Crippen LogP contribution in [0.3, 0.4) is 0 Å². The minimum atomic E-state index is -0.129. The normalized spacial score (nSPS) is 13.5. The molecule has 1 saturated carbocycles. The van der Waals surface area contributed by atoms with Gasteiger partial charge in [-0.1, -0.05) is 11.6 Å². The lowest BCUT2D eigenvalue weighted by molar-refractivity contribution is -0.115. The quantitative estimate of drug-likeness (QED) is 0.407. The topological polar surface area (TPSA) is 77.2 Å². The van der Waals surface area contributed by atoms with Gasteiger partial charge in [0, 0.05) is 22.0 Å². The Balaban J connectivity index is 1.17. The molecular weight excluding hydrogens is 422 g/mol. The van der Waals surface area contributed by atoms with E-state index < -0.39 is 0 Å². The maximum Gasteiger partial charge on any atom is 0.230 e. The number of aromatic nitrogens is 2. The van der Waals surface area contributed by atoms with Crippen LogP contribution >= 0.6 is 22.9 Å². The maximum atomic E-state index is 12.4. The Kier molecular flexibility index (Phi) is 5.14. The molecule has 6 nitrogen and oxygen atoms in total. The largest absolute Gasteiger partial charge is 0.486 e. The summed E-state index contributed by atoms with van der Waals surface area (Å²) in [6, 6.07) is 12.7. The van der Waals surface area contributed by atoms with Crippen LogP contribution < -0.4 is 10.1 Å². The molecule has 8 heteroatoms. The Hall–Kier alpha value is -2.90. The minimum absolute atomic E-state index is 0.129. The van der Waals surface area contributed by atoms with Crippen LogP contribution in [0.2, 0.25) is 5.02 Å². The zero-order valence-electron chi connectivity index (χ0n) is 15.9. The number of hydrogen-bond acceptors (Lipinski definition) is 6. The standard InChI is InChI=1S/C22H18ClN3O3S/c23-14-3-6-17(7-4-14)28-11-21-25-16(12-30-21)10-20(27)24-15-5-8-19-18(9-15)26-22(29-19)13-1-2-13/h3-9,12-13H,1-2,10-11H2,(H,24,27). The zero-order chi connectivity index (χ0) is 20.5. The van der Waals surface area contributed by atoms with E-state index in [2.05, 4.69) is 15.3 Å². The summed E-state index contributed by atoms with van der Waals surface area (Å²) in [5.74, 6) is 1.85. The molecule has 152 valence electrons. The molecule has 30 heavy (non-hydrogen) atoms. The lowest BCUT2D eigenvalue weighted by Crippen LogP contribution is -2.14. The summed E-state index contributed by atoms with van der Waals surface area (Å²) in [5.41, 5.74) is 2.93. The van der Waals surface area contributed by atoms with E-state index in [9.17, 15) is 4.79 Å². The monoisotopic (exact) mass is 439 g/mol. The Morgan fingerprint density at radius 1 is 1.20 bits per heavy atom. The molecule has 0 spiro atoms. The summed E-state index contributed by atoms with van der Waals surface area (Å²) in [6.45, 7) is 0.347. The molecule has 0 unspecified atom stereocenters. The van der Waals surface area contributed by atoms with Crippen molar-refractivity contribution in [2.24, 2.45) is 0 Å². The van der Waals surface area contributed by atoms with Gasteiger partial charge in [0.15, 0.2) is 11.5 Å². The molecule has 5 rings (SSSR count). The lowest BCUT2D eigenvalue weighted by atomic mass is 10.2. The first-order valence-corrected chi connectivity index (χ1v) is 10.9. The van der Waals surface area contributed by atoms with E-state index in [0.717, 1.165) is 40.6 Å². The number of rotatable bonds is 7. The van der Waals surface area contributed by atoms with E-state index in [1.807, 2.05) is 35.7 Å². The molecule has 4 aromatic rings. The number of ether oxygens (including phenoxy) is 1. The van der Waals surface area contributed by atoms with Crippen molar-refractivity contribution in [3.05, 3.63) is 69.5 Å². The Morgan fingerprint density at radius 2 is 2.03 bits per heavy atom. The molecule has 2 aromatic heterocycles. The summed E-state index contributed by atoms with van der Waals surface area (Å²) in [7, 11) is 0. The van der Waals surface area contributed by atoms with Crippen LogP contribution in [0.15, 0.2) is 52.3 Å². The van der Waals surface area contributed by atoms with Gasteiger partial charge in [-0.25, -0.2) is 9.97 Å². The summed E-state index contributed by atoms with van der Waals surface area (Å²) < 4.78 is 11.5. The molecule has 1 aliphatic carbocycles. The molecule has 1 fully saturated rings. The number of fused-ring (bicyclic) bond motifs is 1. The zero-order valence-corrected chi connectivity index (χ0v) is 17.5. The lowest BCUT2D eigenvalue weighted by Gasteiger charge is -2.04. The number of anilines is 1. The summed E-state index contributed by atoms with van der Waals surface area (Å²) >= 11 is 7.34. The predicted molar refractivity (Wildman–Crippen MR) is 116 cm³/mol. The van der Waals surface area contributed by atoms with Gasteiger partial charge in [0.25, 0.3) is 0 Å². The first-order chi connectivity index (χ1) is 14.6. The number of carbonyl (C=O) groups excluding carboxylic acids is 1. The van der Waals surface area contributed by atoms with E-state index in [1.54, 1.807) is 12.1 Å². The first-order valence-electron chi connectivity index (χ1n) is 9.64. The van der Waals surface area contributed by atoms with Gasteiger partial charge in [-0.3, -0.25) is 4.79 Å². The number of amides is 1. The highest BCUT2D eigenvalue weighted by molar-refractivity contribution is 7.09. The Labute approximate surface area is 181 Å². The maximum absolute atomic E-state index is 12.4. The van der Waals surface area contributed by atoms with E-state index in [-0.39, 0.29) is 12.3 Å². The van der Waals surface area contributed by atoms with Gasteiger partial charge < -0.3 is 14.5 Å². The van der Waals surface area contributed by atoms with Crippen molar-refractivity contribution in [3.63, 3.8) is 0 Å². The highest BCUT2D eigenvalue weighted by Gasteiger charge is 2.28. The third-order valence-corrected chi connectivity index (χ3v) is 5.85. The van der Waals surface area contributed by atoms with Crippen molar-refractivity contribution in [2.75, 3.05) is 5.32 Å². The van der Waals surface area contributed by atoms with Gasteiger partial charge in [0.1, 0.15) is 22.9 Å². The molecule has 2 heterocycles. The summed E-state index contributed by atoms with van der Waals surface area (Å²) in [5, 5.41) is 6.26. The second-order valence-corrected chi connectivity index (χ2v) is 8.59. The molecule has 1 amide bonds. The van der Waals surface area contributed by atoms with Crippen molar-refractivity contribution in [3.8, 4) is 5.75 Å². The fourth-order valence-corrected chi connectivity index (χ4v) is 3.90. The average molecular weight is 440 g/mol. The fraction of sp³-hybridized carbons (Fsp3) is 0.227. The SMILES string of the molecule is O=C(Cc1csc(COc2ccc(Cl)cc2)n1)Nc1ccc2oc(C3CC3)nc2c1. The van der Waals surface area contributed by atoms with E-state index in [0.29, 0.717) is 28.9 Å². The predicted octanol–water partition coefficient (Wildman–Crippen LogP) is 5.58. The van der Waals surface area contributed by atoms with Crippen LogP contribution in [0.5, 0.6) is 5.75 Å². The van der Waals surface area contributed by atoms with E-state index in [1.165, 1.54) is 11.3 Å². The highest BCUT2D eigenvalue weighted by Crippen LogP contribution is 2.40. The van der Waals surface area contributed by atoms with Gasteiger partial charge in [0.05, 0.1) is 12.1 Å². The van der Waals surface area contributed by atoms with Crippen LogP contribution in [0.1, 0.15) is 35.4 Å². The molecule has 0 bridgehead atoms. The Morgan fingerprint density at radius 3 is 2.83 bits per heavy atom. The highest BCUT2D eigenvalue weighted by atomic mass is 35.5. The molecule has 0 atom stereocenters. The number of nitrogens with one attached hydrogen (secondary N) is 1. The van der Waals surface area contributed by atoms with Gasteiger partial charge >= 0.3 is 0 Å². The minimum Gasteiger partial charge on any atom is -0.486 e. The molecule has 2 aromatic carbocycles. The third kappa shape index (κ3) is 4.47. The van der Waals surface area contributed by atoms with Crippen molar-refractivity contribution < 1.29 is 13.9 Å². The Bertz CT molecular complexity index is 1200. The van der Waals surface area contributed by atoms with E-state index in [4.69, 9.17) is 20.8 Å². The number of thiazole rings is 1. The van der Waals surface area contributed by atoms with Crippen molar-refractivity contribution in [1.29, 1.82) is 0 Å². The van der Waals surface area contributed by atoms with Crippen LogP contribution in [-0.2, 0) is 17.8 Å². The number of oxazole rings is 1. The fourth-order valence-electron chi connectivity index (χ4n) is 3.07. The van der Waals surface area contributed by atoms with Crippen molar-refractivity contribution in [2.45, 2.75) is 31.8 Å². The third-order valence-electron chi connectivity index (χ3n) is 4.73. The van der Waals surface area contributed by atoms with Gasteiger partial charge in [0.2, 0.25) is 5.91 Å². The smallest absolute Gasteiger partial charge is 0.230 e. The molecule has 0 saturated heterocycles. The number of halogens is 1. The number of benzene rings is 2. The number of hydrogen-bond donors (Lipinski definition) is 1. The second kappa shape index (κ2) is 8.08. The first kappa shape index (κ1) is 19.1. The molecule has 1 aliphatic rings. The van der Waals surface area contributed by atoms with E-state index >= 15 is 0 Å². The van der Waals surface area contributed by atoms with Crippen LogP contribution in [0.25, 0.3) is 11.1 Å². The van der Waals surface area contributed by atoms with Crippen molar-refractivity contribution in [1.82, 2.24) is 9.97 Å². The average Bonchev–Trinajstić information content (AvgIpc) is 3.35. The van der Waals surface area contributed by atoms with Gasteiger partial charge in [-0.05, 0) is 55.3 Å². The van der Waals surface area contributed by atoms with Crippen LogP contribution in [0, 0.1) is 0 Å². The molecule has 0 radical (unpaired) electrons. The number of carbonyl (C=O) groups is 1. The van der Waals surface area contributed by atoms with Crippen LogP contribution in [0.4, 0.5) is 5.69 Å². The summed E-state index contributed by atoms with van der Waals surface area (Å²) in [6.07, 6.45) is 2.47. The second-order valence-electron chi connectivity index (χ2n) is 7.21. The van der Waals surface area contributed by atoms with Gasteiger partial charge in [-0.2, -0.15) is 0 Å². The van der Waals surface area contributed by atoms with Crippen molar-refractivity contribution >= 4 is 45.6 Å². The number of nitrogens with zero attached hydrogens (tertiary/aromatic N) is 2. The molecule has 0 aliphatic heterocycles. The van der Waals surface area contributed by atoms with Crippen LogP contribution in [-0.4, -0.2) is 15.9 Å².